The topological polar surface area (TPSA) is 65.2 Å². The molecule has 10 heteroatoms. The largest absolute Gasteiger partial charge is 0.453 e. The van der Waals surface area contributed by atoms with E-state index in [1.807, 2.05) is 0 Å². The molecule has 21 heavy (non-hydrogen) atoms. The predicted molar refractivity (Wildman–Crippen MR) is 65.1 cm³/mol. The maximum Gasteiger partial charge on any atom is 0.453 e. The van der Waals surface area contributed by atoms with E-state index in [1.165, 1.54) is 30.5 Å². The maximum absolute atomic E-state index is 12.7. The average molecular weight is 316 g/mol. The van der Waals surface area contributed by atoms with E-state index < -0.39 is 12.0 Å². The molecule has 3 aromatic rings. The van der Waals surface area contributed by atoms with Crippen molar-refractivity contribution in [2.24, 2.45) is 0 Å². The summed E-state index contributed by atoms with van der Waals surface area (Å²) in [5, 5.41) is 10.4. The highest BCUT2D eigenvalue weighted by molar-refractivity contribution is 6.29. The van der Waals surface area contributed by atoms with E-state index in [9.17, 15) is 13.2 Å². The first-order chi connectivity index (χ1) is 9.93. The Morgan fingerprint density at radius 1 is 1.10 bits per heavy atom. The molecule has 0 atom stereocenters. The Kier molecular flexibility index (Phi) is 3.13. The first kappa shape index (κ1) is 13.6. The van der Waals surface area contributed by atoms with Gasteiger partial charge in [-0.25, -0.2) is 4.98 Å². The quantitative estimate of drug-likeness (QED) is 0.680. The third-order valence-electron chi connectivity index (χ3n) is 2.41. The minimum atomic E-state index is -4.66. The van der Waals surface area contributed by atoms with Crippen molar-refractivity contribution < 1.29 is 17.9 Å². The Bertz CT molecular complexity index is 787. The molecule has 0 bridgehead atoms. The number of fused-ring (bicyclic) bond motifs is 1. The molecule has 3 aromatic heterocycles. The zero-order valence-electron chi connectivity index (χ0n) is 10.0. The average Bonchev–Trinajstić information content (AvgIpc) is 2.84. The highest BCUT2D eigenvalue weighted by atomic mass is 35.5. The van der Waals surface area contributed by atoms with Gasteiger partial charge >= 0.3 is 6.18 Å². The van der Waals surface area contributed by atoms with Crippen molar-refractivity contribution in [2.45, 2.75) is 6.18 Å². The molecule has 0 aliphatic heterocycles. The predicted octanol–water partition coefficient (Wildman–Crippen LogP) is 2.98. The molecule has 0 fully saturated rings. The zero-order valence-corrected chi connectivity index (χ0v) is 10.8. The van der Waals surface area contributed by atoms with Gasteiger partial charge in [0.1, 0.15) is 10.9 Å². The Labute approximate surface area is 120 Å². The lowest BCUT2D eigenvalue weighted by Gasteiger charge is -2.06. The lowest BCUT2D eigenvalue weighted by molar-refractivity contribution is -0.146. The number of hydrogen-bond acceptors (Lipinski definition) is 5. The second-order valence-electron chi connectivity index (χ2n) is 3.88. The molecule has 3 heterocycles. The highest BCUT2D eigenvalue weighted by Crippen LogP contribution is 2.28. The summed E-state index contributed by atoms with van der Waals surface area (Å²) in [6, 6.07) is 5.68. The van der Waals surface area contributed by atoms with Gasteiger partial charge in [-0.2, -0.15) is 17.7 Å². The summed E-state index contributed by atoms with van der Waals surface area (Å²) in [6.07, 6.45) is -3.34. The number of halogens is 4. The lowest BCUT2D eigenvalue weighted by atomic mass is 10.4. The van der Waals surface area contributed by atoms with Crippen LogP contribution in [-0.4, -0.2) is 24.8 Å². The first-order valence-corrected chi connectivity index (χ1v) is 5.90. The van der Waals surface area contributed by atoms with Crippen LogP contribution in [0.3, 0.4) is 0 Å². The van der Waals surface area contributed by atoms with Crippen LogP contribution in [0.4, 0.5) is 13.2 Å². The Morgan fingerprint density at radius 3 is 2.57 bits per heavy atom. The maximum atomic E-state index is 12.7. The Morgan fingerprint density at radius 2 is 1.90 bits per heavy atom. The van der Waals surface area contributed by atoms with Crippen molar-refractivity contribution in [1.82, 2.24) is 24.8 Å². The van der Waals surface area contributed by atoms with Crippen LogP contribution in [0.1, 0.15) is 5.82 Å². The fraction of sp³-hybridized carbons (Fsp3) is 0.0909. The summed E-state index contributed by atoms with van der Waals surface area (Å²) in [5.41, 5.74) is -0.0380. The third kappa shape index (κ3) is 2.72. The van der Waals surface area contributed by atoms with Crippen LogP contribution < -0.4 is 4.74 Å². The fourth-order valence-corrected chi connectivity index (χ4v) is 1.66. The van der Waals surface area contributed by atoms with E-state index in [4.69, 9.17) is 16.3 Å². The molecular weight excluding hydrogens is 311 g/mol. The molecule has 0 aliphatic carbocycles. The summed E-state index contributed by atoms with van der Waals surface area (Å²) in [4.78, 5) is 3.79. The van der Waals surface area contributed by atoms with E-state index in [1.54, 1.807) is 0 Å². The minimum absolute atomic E-state index is 0.0380. The van der Waals surface area contributed by atoms with Crippen LogP contribution in [0.5, 0.6) is 11.6 Å². The molecule has 0 amide bonds. The van der Waals surface area contributed by atoms with Crippen molar-refractivity contribution in [3.63, 3.8) is 0 Å². The molecule has 0 saturated carbocycles. The van der Waals surface area contributed by atoms with Gasteiger partial charge in [-0.05, 0) is 18.2 Å². The third-order valence-corrected chi connectivity index (χ3v) is 2.64. The SMILES string of the molecule is FC(F)(F)c1nnc2ccc(Oc3ccc(Cl)nc3)nn12. The second kappa shape index (κ2) is 4.85. The fourth-order valence-electron chi connectivity index (χ4n) is 1.55. The van der Waals surface area contributed by atoms with E-state index in [0.29, 0.717) is 4.52 Å². The monoisotopic (exact) mass is 315 g/mol. The molecule has 0 aromatic carbocycles. The van der Waals surface area contributed by atoms with Gasteiger partial charge in [-0.1, -0.05) is 11.6 Å². The minimum Gasteiger partial charge on any atom is -0.436 e. The van der Waals surface area contributed by atoms with Gasteiger partial charge in [0.05, 0.1) is 6.20 Å². The molecule has 6 nitrogen and oxygen atoms in total. The van der Waals surface area contributed by atoms with Crippen molar-refractivity contribution in [1.29, 1.82) is 0 Å². The molecule has 0 spiro atoms. The molecule has 0 saturated heterocycles. The van der Waals surface area contributed by atoms with E-state index in [-0.39, 0.29) is 22.4 Å². The highest BCUT2D eigenvalue weighted by Gasteiger charge is 2.37. The Balaban J connectivity index is 1.98. The van der Waals surface area contributed by atoms with Crippen LogP contribution >= 0.6 is 11.6 Å². The lowest BCUT2D eigenvalue weighted by Crippen LogP contribution is -2.12. The second-order valence-corrected chi connectivity index (χ2v) is 4.27. The number of ether oxygens (including phenoxy) is 1. The van der Waals surface area contributed by atoms with Gasteiger partial charge in [-0.3, -0.25) is 0 Å². The number of nitrogens with zero attached hydrogens (tertiary/aromatic N) is 5. The van der Waals surface area contributed by atoms with Gasteiger partial charge in [0.2, 0.25) is 5.88 Å². The van der Waals surface area contributed by atoms with Gasteiger partial charge in [0.25, 0.3) is 5.82 Å². The number of aromatic nitrogens is 5. The molecule has 0 N–H and O–H groups in total. The summed E-state index contributed by atoms with van der Waals surface area (Å²) < 4.78 is 44.0. The molecule has 0 radical (unpaired) electrons. The zero-order chi connectivity index (χ0) is 15.0. The molecule has 0 aliphatic rings. The standard InChI is InChI=1S/C11H5ClF3N5O/c12-7-2-1-6(5-16-7)21-9-4-3-8-17-18-10(11(13,14)15)20(8)19-9/h1-5H. The molecule has 0 unspecified atom stereocenters. The van der Waals surface area contributed by atoms with Crippen molar-refractivity contribution in [2.75, 3.05) is 0 Å². The van der Waals surface area contributed by atoms with E-state index >= 15 is 0 Å². The van der Waals surface area contributed by atoms with Crippen LogP contribution in [0.15, 0.2) is 30.5 Å². The summed E-state index contributed by atoms with van der Waals surface area (Å²) in [6.45, 7) is 0. The summed E-state index contributed by atoms with van der Waals surface area (Å²) >= 11 is 5.62. The molecule has 108 valence electrons. The van der Waals surface area contributed by atoms with Crippen molar-refractivity contribution in [3.05, 3.63) is 41.4 Å². The van der Waals surface area contributed by atoms with Gasteiger partial charge in [0, 0.05) is 6.07 Å². The van der Waals surface area contributed by atoms with E-state index in [0.717, 1.165) is 0 Å². The van der Waals surface area contributed by atoms with Gasteiger partial charge in [-0.15, -0.1) is 15.3 Å². The van der Waals surface area contributed by atoms with Crippen LogP contribution in [0.25, 0.3) is 5.65 Å². The van der Waals surface area contributed by atoms with Gasteiger partial charge < -0.3 is 4.74 Å². The van der Waals surface area contributed by atoms with Crippen LogP contribution in [0, 0.1) is 0 Å². The Hall–Kier alpha value is -2.42. The van der Waals surface area contributed by atoms with Crippen LogP contribution in [0.2, 0.25) is 5.15 Å². The molecular formula is C11H5ClF3N5O. The van der Waals surface area contributed by atoms with Crippen LogP contribution in [-0.2, 0) is 6.18 Å². The van der Waals surface area contributed by atoms with E-state index in [2.05, 4.69) is 20.3 Å². The molecule has 3 rings (SSSR count). The first-order valence-electron chi connectivity index (χ1n) is 5.52. The number of rotatable bonds is 2. The number of alkyl halides is 3. The summed E-state index contributed by atoms with van der Waals surface area (Å²) in [5.74, 6) is -0.998. The van der Waals surface area contributed by atoms with Crippen molar-refractivity contribution >= 4 is 17.2 Å². The number of pyridine rings is 1. The smallest absolute Gasteiger partial charge is 0.436 e. The normalized spacial score (nSPS) is 11.8. The van der Waals surface area contributed by atoms with Gasteiger partial charge in [0.15, 0.2) is 5.65 Å². The number of hydrogen-bond donors (Lipinski definition) is 0. The van der Waals surface area contributed by atoms with Crippen molar-refractivity contribution in [3.8, 4) is 11.6 Å². The summed E-state index contributed by atoms with van der Waals surface area (Å²) in [7, 11) is 0.